The maximum absolute atomic E-state index is 13.5. The summed E-state index contributed by atoms with van der Waals surface area (Å²) in [6.45, 7) is 1.83. The number of nitrogens with one attached hydrogen (secondary N) is 2. The molecule has 29 heavy (non-hydrogen) atoms. The maximum Gasteiger partial charge on any atom is 0.434 e. The zero-order valence-electron chi connectivity index (χ0n) is 15.1. The van der Waals surface area contributed by atoms with Gasteiger partial charge in [-0.05, 0) is 42.8 Å². The summed E-state index contributed by atoms with van der Waals surface area (Å²) in [6, 6.07) is 10.2. The van der Waals surface area contributed by atoms with Gasteiger partial charge in [-0.3, -0.25) is 9.78 Å². The van der Waals surface area contributed by atoms with E-state index in [1.54, 1.807) is 49.5 Å². The van der Waals surface area contributed by atoms with E-state index >= 15 is 0 Å². The maximum atomic E-state index is 13.5. The third-order valence-corrected chi connectivity index (χ3v) is 4.29. The summed E-state index contributed by atoms with van der Waals surface area (Å²) in [5, 5.41) is 5.15. The third kappa shape index (κ3) is 5.50. The van der Waals surface area contributed by atoms with Crippen LogP contribution in [0.4, 0.5) is 24.8 Å². The molecule has 6 nitrogen and oxygen atoms in total. The molecule has 1 amide bonds. The number of pyridine rings is 1. The fourth-order valence-corrected chi connectivity index (χ4v) is 2.91. The lowest BCUT2D eigenvalue weighted by molar-refractivity contribution is -0.141. The molecule has 0 bridgehead atoms. The van der Waals surface area contributed by atoms with Crippen molar-refractivity contribution < 1.29 is 18.0 Å². The normalized spacial score (nSPS) is 11.2. The zero-order chi connectivity index (χ0) is 21.0. The second-order valence-corrected chi connectivity index (χ2v) is 6.99. The molecule has 3 aromatic rings. The average molecular weight is 466 g/mol. The van der Waals surface area contributed by atoms with Crippen LogP contribution in [0, 0.1) is 6.92 Å². The number of carbonyl (C=O) groups is 1. The highest BCUT2D eigenvalue weighted by Gasteiger charge is 2.38. The molecule has 0 aliphatic heterocycles. The molecule has 0 aliphatic rings. The van der Waals surface area contributed by atoms with Crippen molar-refractivity contribution in [3.8, 4) is 0 Å². The summed E-state index contributed by atoms with van der Waals surface area (Å²) in [5.74, 6) is -1.18. The number of anilines is 2. The number of alkyl halides is 3. The van der Waals surface area contributed by atoms with Crippen LogP contribution < -0.4 is 10.6 Å². The van der Waals surface area contributed by atoms with Crippen molar-refractivity contribution >= 4 is 33.5 Å². The summed E-state index contributed by atoms with van der Waals surface area (Å²) >= 11 is 3.28. The summed E-state index contributed by atoms with van der Waals surface area (Å²) < 4.78 is 41.2. The van der Waals surface area contributed by atoms with Gasteiger partial charge in [0.2, 0.25) is 5.95 Å². The van der Waals surface area contributed by atoms with Gasteiger partial charge in [-0.1, -0.05) is 22.0 Å². The molecule has 0 atom stereocenters. The van der Waals surface area contributed by atoms with Crippen molar-refractivity contribution in [3.63, 3.8) is 0 Å². The second-order valence-electron chi connectivity index (χ2n) is 6.08. The molecule has 0 saturated carbocycles. The van der Waals surface area contributed by atoms with Gasteiger partial charge in [-0.15, -0.1) is 0 Å². The Balaban J connectivity index is 1.83. The molecule has 2 N–H and O–H groups in total. The summed E-state index contributed by atoms with van der Waals surface area (Å²) in [7, 11) is 0. The molecular formula is C19H15BrF3N5O. The van der Waals surface area contributed by atoms with Gasteiger partial charge in [0, 0.05) is 34.8 Å². The minimum atomic E-state index is -4.82. The first-order valence-corrected chi connectivity index (χ1v) is 9.18. The Morgan fingerprint density at radius 3 is 2.66 bits per heavy atom. The van der Waals surface area contributed by atoms with Gasteiger partial charge >= 0.3 is 6.18 Å². The number of amides is 1. The minimum absolute atomic E-state index is 0.0531. The Bertz CT molecular complexity index is 1040. The van der Waals surface area contributed by atoms with Crippen LogP contribution >= 0.6 is 15.9 Å². The lowest BCUT2D eigenvalue weighted by Gasteiger charge is -2.14. The number of rotatable bonds is 5. The standard InChI is InChI=1S/C19H15BrF3N5O/c1-11-7-12(5-6-24-11)9-25-17(29)15-10-26-18(28-16(15)19(21,22)23)27-14-4-2-3-13(20)8-14/h2-8,10H,9H2,1H3,(H,25,29)(H,26,27,28). The minimum Gasteiger partial charge on any atom is -0.348 e. The first-order chi connectivity index (χ1) is 13.7. The smallest absolute Gasteiger partial charge is 0.348 e. The van der Waals surface area contributed by atoms with Gasteiger partial charge in [-0.25, -0.2) is 9.97 Å². The molecule has 2 aromatic heterocycles. The molecule has 0 spiro atoms. The highest BCUT2D eigenvalue weighted by atomic mass is 79.9. The van der Waals surface area contributed by atoms with Gasteiger partial charge in [0.25, 0.3) is 5.91 Å². The van der Waals surface area contributed by atoms with Crippen LogP contribution in [0.2, 0.25) is 0 Å². The summed E-state index contributed by atoms with van der Waals surface area (Å²) in [5.41, 5.74) is -0.0125. The fourth-order valence-electron chi connectivity index (χ4n) is 2.51. The number of halogens is 4. The van der Waals surface area contributed by atoms with Crippen molar-refractivity contribution in [3.05, 3.63) is 75.8 Å². The van der Waals surface area contributed by atoms with Crippen LogP contribution in [-0.2, 0) is 12.7 Å². The van der Waals surface area contributed by atoms with Crippen molar-refractivity contribution in [2.75, 3.05) is 5.32 Å². The molecule has 0 radical (unpaired) electrons. The highest BCUT2D eigenvalue weighted by molar-refractivity contribution is 9.10. The molecule has 10 heteroatoms. The van der Waals surface area contributed by atoms with Gasteiger partial charge in [0.15, 0.2) is 5.69 Å². The van der Waals surface area contributed by atoms with E-state index < -0.39 is 23.3 Å². The van der Waals surface area contributed by atoms with E-state index in [1.165, 1.54) is 0 Å². The van der Waals surface area contributed by atoms with Crippen LogP contribution in [-0.4, -0.2) is 20.9 Å². The number of aromatic nitrogens is 3. The van der Waals surface area contributed by atoms with Crippen LogP contribution in [0.5, 0.6) is 0 Å². The largest absolute Gasteiger partial charge is 0.434 e. The molecule has 0 unspecified atom stereocenters. The lowest BCUT2D eigenvalue weighted by atomic mass is 10.2. The van der Waals surface area contributed by atoms with E-state index in [9.17, 15) is 18.0 Å². The molecule has 0 aliphatic carbocycles. The fraction of sp³-hybridized carbons (Fsp3) is 0.158. The van der Waals surface area contributed by atoms with Crippen molar-refractivity contribution in [1.82, 2.24) is 20.3 Å². The van der Waals surface area contributed by atoms with Gasteiger partial charge in [-0.2, -0.15) is 13.2 Å². The molecule has 2 heterocycles. The molecule has 3 rings (SSSR count). The Morgan fingerprint density at radius 2 is 1.97 bits per heavy atom. The van der Waals surface area contributed by atoms with Gasteiger partial charge in [0.05, 0.1) is 5.56 Å². The van der Waals surface area contributed by atoms with Crippen LogP contribution in [0.3, 0.4) is 0 Å². The monoisotopic (exact) mass is 465 g/mol. The third-order valence-electron chi connectivity index (χ3n) is 3.80. The highest BCUT2D eigenvalue weighted by Crippen LogP contribution is 2.31. The Hall–Kier alpha value is -3.01. The van der Waals surface area contributed by atoms with Crippen molar-refractivity contribution in [1.29, 1.82) is 0 Å². The molecule has 1 aromatic carbocycles. The summed E-state index contributed by atoms with van der Waals surface area (Å²) in [4.78, 5) is 23.8. The SMILES string of the molecule is Cc1cc(CNC(=O)c2cnc(Nc3cccc(Br)c3)nc2C(F)(F)F)ccn1. The lowest BCUT2D eigenvalue weighted by Crippen LogP contribution is -2.27. The van der Waals surface area contributed by atoms with Gasteiger partial charge in [0.1, 0.15) is 0 Å². The molecular weight excluding hydrogens is 451 g/mol. The van der Waals surface area contributed by atoms with E-state index in [4.69, 9.17) is 0 Å². The van der Waals surface area contributed by atoms with Crippen molar-refractivity contribution in [2.24, 2.45) is 0 Å². The van der Waals surface area contributed by atoms with Crippen LogP contribution in [0.25, 0.3) is 0 Å². The molecule has 0 saturated heterocycles. The Kier molecular flexibility index (Phi) is 6.12. The first kappa shape index (κ1) is 20.7. The number of nitrogens with zero attached hydrogens (tertiary/aromatic N) is 3. The van der Waals surface area contributed by atoms with E-state index in [1.807, 2.05) is 0 Å². The molecule has 150 valence electrons. The number of aryl methyl sites for hydroxylation is 1. The van der Waals surface area contributed by atoms with E-state index in [-0.39, 0.29) is 12.5 Å². The number of hydrogen-bond acceptors (Lipinski definition) is 5. The zero-order valence-corrected chi connectivity index (χ0v) is 16.7. The quantitative estimate of drug-likeness (QED) is 0.573. The number of benzene rings is 1. The predicted octanol–water partition coefficient (Wildman–Crippen LogP) is 4.63. The Morgan fingerprint density at radius 1 is 1.17 bits per heavy atom. The Labute approximate surface area is 172 Å². The molecule has 0 fully saturated rings. The van der Waals surface area contributed by atoms with Crippen LogP contribution in [0.1, 0.15) is 27.3 Å². The first-order valence-electron chi connectivity index (χ1n) is 8.39. The van der Waals surface area contributed by atoms with E-state index in [0.717, 1.165) is 16.4 Å². The topological polar surface area (TPSA) is 79.8 Å². The van der Waals surface area contributed by atoms with Crippen molar-refractivity contribution in [2.45, 2.75) is 19.6 Å². The van der Waals surface area contributed by atoms with Crippen LogP contribution in [0.15, 0.2) is 53.3 Å². The number of carbonyl (C=O) groups excluding carboxylic acids is 1. The van der Waals surface area contributed by atoms with Gasteiger partial charge < -0.3 is 10.6 Å². The average Bonchev–Trinajstić information content (AvgIpc) is 2.65. The number of hydrogen-bond donors (Lipinski definition) is 2. The predicted molar refractivity (Wildman–Crippen MR) is 105 cm³/mol. The van der Waals surface area contributed by atoms with E-state index in [2.05, 4.69) is 41.5 Å². The van der Waals surface area contributed by atoms with E-state index in [0.29, 0.717) is 11.3 Å². The summed E-state index contributed by atoms with van der Waals surface area (Å²) in [6.07, 6.45) is -2.40. The second kappa shape index (κ2) is 8.56.